The van der Waals surface area contributed by atoms with E-state index < -0.39 is 0 Å². The minimum Gasteiger partial charge on any atom is -0.496 e. The molecule has 1 aromatic heterocycles. The summed E-state index contributed by atoms with van der Waals surface area (Å²) in [7, 11) is 4.64. The Morgan fingerprint density at radius 3 is 2.21 bits per heavy atom. The van der Waals surface area contributed by atoms with Crippen molar-refractivity contribution in [2.45, 2.75) is 5.88 Å². The molecule has 0 amide bonds. The molecule has 0 unspecified atom stereocenters. The lowest BCUT2D eigenvalue weighted by atomic mass is 10.1. The summed E-state index contributed by atoms with van der Waals surface area (Å²) in [5.74, 6) is 2.55. The van der Waals surface area contributed by atoms with Gasteiger partial charge in [-0.15, -0.1) is 11.6 Å². The van der Waals surface area contributed by atoms with Gasteiger partial charge >= 0.3 is 0 Å². The Kier molecular flexibility index (Phi) is 4.11. The van der Waals surface area contributed by atoms with Crippen LogP contribution in [0.5, 0.6) is 17.2 Å². The van der Waals surface area contributed by atoms with Crippen LogP contribution in [0.15, 0.2) is 16.7 Å². The van der Waals surface area contributed by atoms with E-state index in [1.54, 1.807) is 33.5 Å². The van der Waals surface area contributed by atoms with E-state index in [1.807, 2.05) is 0 Å². The number of alkyl halides is 1. The predicted octanol–water partition coefficient (Wildman–Crippen LogP) is 2.50. The van der Waals surface area contributed by atoms with E-state index in [2.05, 4.69) is 10.1 Å². The van der Waals surface area contributed by atoms with E-state index in [1.165, 1.54) is 0 Å². The van der Waals surface area contributed by atoms with Crippen LogP contribution in [0.4, 0.5) is 0 Å². The topological polar surface area (TPSA) is 66.6 Å². The molecule has 1 aromatic carbocycles. The second-order valence-corrected chi connectivity index (χ2v) is 3.82. The molecule has 2 rings (SSSR count). The van der Waals surface area contributed by atoms with Gasteiger partial charge in [0.05, 0.1) is 32.8 Å². The SMILES string of the molecule is COc1cc(OC)c(-c2nc(CCl)no2)cc1OC. The molecule has 6 nitrogen and oxygen atoms in total. The van der Waals surface area contributed by atoms with Crippen molar-refractivity contribution in [1.29, 1.82) is 0 Å². The minimum absolute atomic E-state index is 0.180. The van der Waals surface area contributed by atoms with E-state index in [-0.39, 0.29) is 5.88 Å². The fourth-order valence-electron chi connectivity index (χ4n) is 1.61. The number of hydrogen-bond acceptors (Lipinski definition) is 6. The third-order valence-electron chi connectivity index (χ3n) is 2.52. The Hall–Kier alpha value is -1.95. The predicted molar refractivity (Wildman–Crippen MR) is 68.9 cm³/mol. The highest BCUT2D eigenvalue weighted by Crippen LogP contribution is 2.39. The average Bonchev–Trinajstić information content (AvgIpc) is 2.94. The molecule has 0 N–H and O–H groups in total. The summed E-state index contributed by atoms with van der Waals surface area (Å²) in [4.78, 5) is 4.15. The Morgan fingerprint density at radius 1 is 1.05 bits per heavy atom. The first-order valence-corrected chi connectivity index (χ1v) is 5.95. The van der Waals surface area contributed by atoms with Crippen LogP contribution in [0.25, 0.3) is 11.5 Å². The zero-order chi connectivity index (χ0) is 13.8. The van der Waals surface area contributed by atoms with Crippen LogP contribution in [0.2, 0.25) is 0 Å². The highest BCUT2D eigenvalue weighted by atomic mass is 35.5. The second kappa shape index (κ2) is 5.79. The van der Waals surface area contributed by atoms with Gasteiger partial charge in [-0.2, -0.15) is 4.98 Å². The number of halogens is 1. The van der Waals surface area contributed by atoms with Gasteiger partial charge in [0.2, 0.25) is 0 Å². The quantitative estimate of drug-likeness (QED) is 0.786. The molecular weight excluding hydrogens is 272 g/mol. The fourth-order valence-corrected chi connectivity index (χ4v) is 1.72. The van der Waals surface area contributed by atoms with Crippen molar-refractivity contribution in [2.75, 3.05) is 21.3 Å². The maximum atomic E-state index is 5.65. The van der Waals surface area contributed by atoms with Gasteiger partial charge < -0.3 is 18.7 Å². The first-order valence-electron chi connectivity index (χ1n) is 5.42. The first-order chi connectivity index (χ1) is 9.23. The molecule has 0 aliphatic rings. The summed E-state index contributed by atoms with van der Waals surface area (Å²) in [6.45, 7) is 0. The molecule has 0 aliphatic carbocycles. The van der Waals surface area contributed by atoms with Crippen LogP contribution < -0.4 is 14.2 Å². The average molecular weight is 285 g/mol. The standard InChI is InChI=1S/C12H13ClN2O4/c1-16-8-5-10(18-3)9(17-2)4-7(8)12-14-11(6-13)15-19-12/h4-5H,6H2,1-3H3. The number of ether oxygens (including phenoxy) is 3. The van der Waals surface area contributed by atoms with Gasteiger partial charge in [0, 0.05) is 12.1 Å². The van der Waals surface area contributed by atoms with Crippen LogP contribution in [-0.2, 0) is 5.88 Å². The van der Waals surface area contributed by atoms with Crippen LogP contribution in [0.3, 0.4) is 0 Å². The molecule has 0 atom stereocenters. The van der Waals surface area contributed by atoms with Crippen molar-refractivity contribution in [3.05, 3.63) is 18.0 Å². The number of rotatable bonds is 5. The van der Waals surface area contributed by atoms with Gasteiger partial charge in [0.15, 0.2) is 17.3 Å². The summed E-state index contributed by atoms with van der Waals surface area (Å²) >= 11 is 5.65. The molecule has 0 bridgehead atoms. The van der Waals surface area contributed by atoms with E-state index in [4.69, 9.17) is 30.3 Å². The zero-order valence-corrected chi connectivity index (χ0v) is 11.5. The van der Waals surface area contributed by atoms with E-state index >= 15 is 0 Å². The molecule has 102 valence electrons. The van der Waals surface area contributed by atoms with Crippen LogP contribution >= 0.6 is 11.6 Å². The lowest BCUT2D eigenvalue weighted by Crippen LogP contribution is -1.95. The summed E-state index contributed by atoms with van der Waals surface area (Å²) in [5, 5.41) is 3.74. The van der Waals surface area contributed by atoms with E-state index in [9.17, 15) is 0 Å². The highest BCUT2D eigenvalue weighted by molar-refractivity contribution is 6.16. The fraction of sp³-hybridized carbons (Fsp3) is 0.333. The van der Waals surface area contributed by atoms with Gasteiger partial charge in [0.1, 0.15) is 5.75 Å². The van der Waals surface area contributed by atoms with Crippen molar-refractivity contribution in [2.24, 2.45) is 0 Å². The third kappa shape index (κ3) is 2.58. The summed E-state index contributed by atoms with van der Waals surface area (Å²) in [6, 6.07) is 3.40. The van der Waals surface area contributed by atoms with Gasteiger partial charge in [-0.1, -0.05) is 5.16 Å². The number of nitrogens with zero attached hydrogens (tertiary/aromatic N) is 2. The largest absolute Gasteiger partial charge is 0.496 e. The number of hydrogen-bond donors (Lipinski definition) is 0. The Balaban J connectivity index is 2.54. The summed E-state index contributed by atoms with van der Waals surface area (Å²) in [5.41, 5.74) is 0.615. The molecule has 0 saturated carbocycles. The van der Waals surface area contributed by atoms with E-state index in [0.29, 0.717) is 34.5 Å². The molecule has 19 heavy (non-hydrogen) atoms. The molecule has 0 radical (unpaired) electrons. The second-order valence-electron chi connectivity index (χ2n) is 3.56. The zero-order valence-electron chi connectivity index (χ0n) is 10.8. The summed E-state index contributed by atoms with van der Waals surface area (Å²) in [6.07, 6.45) is 0. The van der Waals surface area contributed by atoms with Crippen molar-refractivity contribution in [3.63, 3.8) is 0 Å². The maximum Gasteiger partial charge on any atom is 0.261 e. The van der Waals surface area contributed by atoms with Gasteiger partial charge in [-0.05, 0) is 0 Å². The minimum atomic E-state index is 0.180. The Morgan fingerprint density at radius 2 is 1.68 bits per heavy atom. The Bertz CT molecular complexity index is 571. The molecule has 0 aliphatic heterocycles. The first kappa shape index (κ1) is 13.5. The van der Waals surface area contributed by atoms with Gasteiger partial charge in [-0.25, -0.2) is 0 Å². The molecule has 0 fully saturated rings. The van der Waals surface area contributed by atoms with Gasteiger partial charge in [-0.3, -0.25) is 0 Å². The molecule has 0 saturated heterocycles. The molecule has 0 spiro atoms. The molecular formula is C12H13ClN2O4. The maximum absolute atomic E-state index is 5.65. The number of methoxy groups -OCH3 is 3. The van der Waals surface area contributed by atoms with Crippen LogP contribution in [0.1, 0.15) is 5.82 Å². The lowest BCUT2D eigenvalue weighted by molar-refractivity contribution is 0.348. The molecule has 7 heteroatoms. The third-order valence-corrected chi connectivity index (χ3v) is 2.76. The van der Waals surface area contributed by atoms with Crippen molar-refractivity contribution in [3.8, 4) is 28.7 Å². The summed E-state index contributed by atoms with van der Waals surface area (Å²) < 4.78 is 20.9. The van der Waals surface area contributed by atoms with Crippen LogP contribution in [0, 0.1) is 0 Å². The molecule has 2 aromatic rings. The van der Waals surface area contributed by atoms with Crippen LogP contribution in [-0.4, -0.2) is 31.5 Å². The van der Waals surface area contributed by atoms with Crippen molar-refractivity contribution < 1.29 is 18.7 Å². The number of aromatic nitrogens is 2. The Labute approximate surface area is 115 Å². The highest BCUT2D eigenvalue weighted by Gasteiger charge is 2.18. The smallest absolute Gasteiger partial charge is 0.261 e. The monoisotopic (exact) mass is 284 g/mol. The lowest BCUT2D eigenvalue weighted by Gasteiger charge is -2.11. The van der Waals surface area contributed by atoms with E-state index in [0.717, 1.165) is 0 Å². The number of benzene rings is 1. The normalized spacial score (nSPS) is 10.3. The van der Waals surface area contributed by atoms with Crippen molar-refractivity contribution in [1.82, 2.24) is 10.1 Å². The van der Waals surface area contributed by atoms with Crippen molar-refractivity contribution >= 4 is 11.6 Å². The molecule has 1 heterocycles. The van der Waals surface area contributed by atoms with Gasteiger partial charge in [0.25, 0.3) is 5.89 Å².